The summed E-state index contributed by atoms with van der Waals surface area (Å²) in [6.07, 6.45) is 4.36. The predicted molar refractivity (Wildman–Crippen MR) is 88.0 cm³/mol. The number of halogens is 1. The second kappa shape index (κ2) is 7.79. The van der Waals surface area contributed by atoms with E-state index in [0.29, 0.717) is 30.3 Å². The lowest BCUT2D eigenvalue weighted by molar-refractivity contribution is -0.145. The van der Waals surface area contributed by atoms with Gasteiger partial charge in [-0.3, -0.25) is 9.59 Å². The molecule has 0 aromatic carbocycles. The van der Waals surface area contributed by atoms with Crippen molar-refractivity contribution in [2.24, 2.45) is 11.8 Å². The monoisotopic (exact) mass is 341 g/mol. The fraction of sp³-hybridized carbons (Fsp3) is 0.500. The minimum Gasteiger partial charge on any atom is -0.481 e. The molecule has 1 fully saturated rings. The highest BCUT2D eigenvalue weighted by molar-refractivity contribution is 7.16. The topological polar surface area (TPSA) is 57.6 Å². The molecule has 1 N–H and O–H groups in total. The fourth-order valence-corrected chi connectivity index (χ4v) is 4.01. The Balaban J connectivity index is 2.05. The number of rotatable bonds is 6. The van der Waals surface area contributed by atoms with Crippen LogP contribution in [0.25, 0.3) is 0 Å². The molecule has 2 atom stereocenters. The molecule has 0 aliphatic heterocycles. The Morgan fingerprint density at radius 3 is 2.73 bits per heavy atom. The summed E-state index contributed by atoms with van der Waals surface area (Å²) >= 11 is 7.39. The van der Waals surface area contributed by atoms with Gasteiger partial charge >= 0.3 is 5.97 Å². The molecule has 0 unspecified atom stereocenters. The third-order valence-electron chi connectivity index (χ3n) is 4.01. The first-order valence-electron chi connectivity index (χ1n) is 7.38. The number of carboxylic acid groups (broad SMARTS) is 1. The van der Waals surface area contributed by atoms with Crippen LogP contribution in [0.4, 0.5) is 0 Å². The van der Waals surface area contributed by atoms with Gasteiger partial charge in [0, 0.05) is 17.3 Å². The number of hydrogen-bond donors (Lipinski definition) is 1. The summed E-state index contributed by atoms with van der Waals surface area (Å²) in [5, 5.41) is 9.16. The van der Waals surface area contributed by atoms with E-state index >= 15 is 0 Å². The van der Waals surface area contributed by atoms with Crippen LogP contribution in [-0.4, -0.2) is 28.4 Å². The van der Waals surface area contributed by atoms with Crippen molar-refractivity contribution >= 4 is 34.8 Å². The first kappa shape index (κ1) is 17.0. The highest BCUT2D eigenvalue weighted by Gasteiger charge is 2.33. The highest BCUT2D eigenvalue weighted by Crippen LogP contribution is 2.31. The maximum absolute atomic E-state index is 12.7. The van der Waals surface area contributed by atoms with Crippen molar-refractivity contribution in [3.63, 3.8) is 0 Å². The zero-order valence-corrected chi connectivity index (χ0v) is 13.9. The van der Waals surface area contributed by atoms with Crippen molar-refractivity contribution in [2.75, 3.05) is 6.54 Å². The van der Waals surface area contributed by atoms with E-state index in [0.717, 1.165) is 17.7 Å². The lowest BCUT2D eigenvalue weighted by atomic mass is 9.80. The van der Waals surface area contributed by atoms with E-state index in [1.54, 1.807) is 11.0 Å². The van der Waals surface area contributed by atoms with E-state index in [4.69, 9.17) is 16.7 Å². The minimum absolute atomic E-state index is 0.0235. The molecule has 1 heterocycles. The molecule has 1 aliphatic carbocycles. The summed E-state index contributed by atoms with van der Waals surface area (Å²) in [7, 11) is 0. The Hall–Kier alpha value is -1.33. The van der Waals surface area contributed by atoms with Gasteiger partial charge < -0.3 is 10.0 Å². The molecule has 6 heteroatoms. The van der Waals surface area contributed by atoms with Crippen LogP contribution in [0.3, 0.4) is 0 Å². The molecule has 1 aromatic rings. The summed E-state index contributed by atoms with van der Waals surface area (Å²) in [6.45, 7) is 4.66. The molecule has 0 bridgehead atoms. The Labute approximate surface area is 139 Å². The lowest BCUT2D eigenvalue weighted by Crippen LogP contribution is -2.38. The quantitative estimate of drug-likeness (QED) is 0.800. The van der Waals surface area contributed by atoms with Gasteiger partial charge in [-0.25, -0.2) is 0 Å². The van der Waals surface area contributed by atoms with Gasteiger partial charge in [0.2, 0.25) is 5.91 Å². The van der Waals surface area contributed by atoms with Crippen LogP contribution in [0, 0.1) is 11.8 Å². The van der Waals surface area contributed by atoms with Crippen LogP contribution in [0.2, 0.25) is 4.34 Å². The number of hydrogen-bond acceptors (Lipinski definition) is 3. The van der Waals surface area contributed by atoms with E-state index in [-0.39, 0.29) is 11.8 Å². The molecular formula is C16H20ClNO3S. The van der Waals surface area contributed by atoms with Crippen molar-refractivity contribution < 1.29 is 14.7 Å². The van der Waals surface area contributed by atoms with Gasteiger partial charge in [-0.15, -0.1) is 17.9 Å². The first-order chi connectivity index (χ1) is 10.5. The zero-order chi connectivity index (χ0) is 16.1. The van der Waals surface area contributed by atoms with Gasteiger partial charge in [-0.05, 0) is 31.4 Å². The normalized spacial score (nSPS) is 21.3. The molecule has 1 aromatic heterocycles. The van der Waals surface area contributed by atoms with E-state index < -0.39 is 11.9 Å². The third kappa shape index (κ3) is 4.34. The van der Waals surface area contributed by atoms with E-state index in [2.05, 4.69) is 6.58 Å². The van der Waals surface area contributed by atoms with E-state index in [9.17, 15) is 9.59 Å². The summed E-state index contributed by atoms with van der Waals surface area (Å²) in [5.74, 6) is -1.37. The molecule has 0 saturated heterocycles. The molecule has 1 amide bonds. The highest BCUT2D eigenvalue weighted by atomic mass is 35.5. The Bertz CT molecular complexity index is 557. The van der Waals surface area contributed by atoms with Gasteiger partial charge in [-0.2, -0.15) is 0 Å². The van der Waals surface area contributed by atoms with Crippen LogP contribution >= 0.6 is 22.9 Å². The number of aliphatic carboxylic acids is 1. The molecule has 0 spiro atoms. The molecule has 22 heavy (non-hydrogen) atoms. The number of nitrogens with zero attached hydrogens (tertiary/aromatic N) is 1. The molecule has 1 aliphatic rings. The van der Waals surface area contributed by atoms with Gasteiger partial charge in [0.25, 0.3) is 0 Å². The number of carbonyl (C=O) groups excluding carboxylic acids is 1. The molecule has 0 radical (unpaired) electrons. The molecule has 120 valence electrons. The summed E-state index contributed by atoms with van der Waals surface area (Å²) in [6, 6.07) is 3.73. The maximum Gasteiger partial charge on any atom is 0.306 e. The van der Waals surface area contributed by atoms with Crippen LogP contribution in [0.15, 0.2) is 24.8 Å². The number of carbonyl (C=O) groups is 2. The number of carboxylic acids is 1. The van der Waals surface area contributed by atoms with Gasteiger partial charge in [0.1, 0.15) is 0 Å². The fourth-order valence-electron chi connectivity index (χ4n) is 2.91. The smallest absolute Gasteiger partial charge is 0.306 e. The molecular weight excluding hydrogens is 322 g/mol. The Morgan fingerprint density at radius 1 is 1.41 bits per heavy atom. The number of amides is 1. The third-order valence-corrected chi connectivity index (χ3v) is 5.23. The van der Waals surface area contributed by atoms with Gasteiger partial charge in [0.05, 0.1) is 16.8 Å². The minimum atomic E-state index is -0.794. The summed E-state index contributed by atoms with van der Waals surface area (Å²) in [4.78, 5) is 26.6. The van der Waals surface area contributed by atoms with Crippen molar-refractivity contribution in [1.82, 2.24) is 4.90 Å². The van der Waals surface area contributed by atoms with Gasteiger partial charge in [-0.1, -0.05) is 24.1 Å². The lowest BCUT2D eigenvalue weighted by Gasteiger charge is -2.30. The van der Waals surface area contributed by atoms with E-state index in [1.807, 2.05) is 12.1 Å². The maximum atomic E-state index is 12.7. The predicted octanol–water partition coefficient (Wildman–Crippen LogP) is 3.81. The summed E-state index contributed by atoms with van der Waals surface area (Å²) in [5.41, 5.74) is 0. The number of thiophene rings is 1. The second-order valence-electron chi connectivity index (χ2n) is 5.61. The largest absolute Gasteiger partial charge is 0.481 e. The Morgan fingerprint density at radius 2 is 2.14 bits per heavy atom. The Kier molecular flexibility index (Phi) is 6.03. The van der Waals surface area contributed by atoms with Crippen LogP contribution in [0.5, 0.6) is 0 Å². The van der Waals surface area contributed by atoms with Crippen molar-refractivity contribution in [3.8, 4) is 0 Å². The molecule has 1 saturated carbocycles. The molecule has 2 rings (SSSR count). The van der Waals surface area contributed by atoms with Crippen LogP contribution in [0.1, 0.15) is 30.6 Å². The second-order valence-corrected chi connectivity index (χ2v) is 7.41. The molecule has 4 nitrogen and oxygen atoms in total. The van der Waals surface area contributed by atoms with Crippen molar-refractivity contribution in [3.05, 3.63) is 34.0 Å². The van der Waals surface area contributed by atoms with Crippen molar-refractivity contribution in [1.29, 1.82) is 0 Å². The summed E-state index contributed by atoms with van der Waals surface area (Å²) < 4.78 is 0.699. The van der Waals surface area contributed by atoms with Crippen LogP contribution < -0.4 is 0 Å². The average molecular weight is 342 g/mol. The zero-order valence-electron chi connectivity index (χ0n) is 12.3. The van der Waals surface area contributed by atoms with Gasteiger partial charge in [0.15, 0.2) is 0 Å². The van der Waals surface area contributed by atoms with E-state index in [1.165, 1.54) is 11.3 Å². The first-order valence-corrected chi connectivity index (χ1v) is 8.57. The average Bonchev–Trinajstić information content (AvgIpc) is 2.91. The standard InChI is InChI=1S/C16H20ClNO3S/c1-2-8-18(10-13-6-7-14(17)22-13)15(19)11-4-3-5-12(9-11)16(20)21/h2,6-7,11-12H,1,3-5,8-10H2,(H,20,21)/t11-,12+/m1/s1. The SMILES string of the molecule is C=CCN(Cc1ccc(Cl)s1)C(=O)[C@@H]1CCC[C@H](C(=O)O)C1. The van der Waals surface area contributed by atoms with Crippen molar-refractivity contribution in [2.45, 2.75) is 32.2 Å². The van der Waals surface area contributed by atoms with Crippen LogP contribution in [-0.2, 0) is 16.1 Å².